The molecule has 1 nitrogen and oxygen atoms in total. The molecule has 0 fully saturated rings. The molecular weight excluding hydrogens is 425 g/mol. The topological polar surface area (TPSA) is 3.24 Å². The van der Waals surface area contributed by atoms with Gasteiger partial charge in [0.2, 0.25) is 0 Å². The molecule has 0 spiro atoms. The Morgan fingerprint density at radius 1 is 0.714 bits per heavy atom. The van der Waals surface area contributed by atoms with Crippen LogP contribution < -0.4 is 4.90 Å². The second kappa shape index (κ2) is 11.1. The summed E-state index contributed by atoms with van der Waals surface area (Å²) in [6.07, 6.45) is 0. The van der Waals surface area contributed by atoms with Gasteiger partial charge in [0.15, 0.2) is 0 Å². The molecule has 0 aliphatic heterocycles. The normalized spacial score (nSPS) is 10.8. The van der Waals surface area contributed by atoms with Crippen LogP contribution >= 0.6 is 46.7 Å². The third-order valence-electron chi connectivity index (χ3n) is 4.25. The molecule has 3 aromatic carbocycles. The molecule has 0 atom stereocenters. The number of halogens is 2. The van der Waals surface area contributed by atoms with Gasteiger partial charge >= 0.3 is 0 Å². The molecule has 3 rings (SSSR count). The highest BCUT2D eigenvalue weighted by atomic mass is 35.5. The number of thioether (sulfide) groups is 2. The molecule has 3 aromatic rings. The van der Waals surface area contributed by atoms with Gasteiger partial charge in [-0.1, -0.05) is 35.3 Å². The van der Waals surface area contributed by atoms with Crippen molar-refractivity contribution in [2.75, 3.05) is 29.5 Å². The predicted octanol–water partition coefficient (Wildman–Crippen LogP) is 7.69. The molecule has 0 aromatic heterocycles. The second-order valence-corrected chi connectivity index (χ2v) is 9.64. The molecule has 0 aliphatic carbocycles. The summed E-state index contributed by atoms with van der Waals surface area (Å²) in [5.41, 5.74) is 2.58. The van der Waals surface area contributed by atoms with E-state index in [1.165, 1.54) is 21.0 Å². The molecule has 5 heteroatoms. The summed E-state index contributed by atoms with van der Waals surface area (Å²) in [6.45, 7) is 4.14. The number of benzene rings is 3. The Bertz CT molecular complexity index is 815. The van der Waals surface area contributed by atoms with Crippen molar-refractivity contribution in [1.29, 1.82) is 0 Å². The van der Waals surface area contributed by atoms with Gasteiger partial charge in [-0.05, 0) is 73.2 Å². The maximum Gasteiger partial charge on any atom is 0.0406 e. The van der Waals surface area contributed by atoms with Crippen LogP contribution in [0.4, 0.5) is 5.69 Å². The number of nitrogens with zero attached hydrogens (tertiary/aromatic N) is 1. The minimum Gasteiger partial charge on any atom is -0.370 e. The van der Waals surface area contributed by atoms with E-state index < -0.39 is 0 Å². The first kappa shape index (κ1) is 21.4. The summed E-state index contributed by atoms with van der Waals surface area (Å²) in [4.78, 5) is 4.98. The number of anilines is 1. The molecule has 0 unspecified atom stereocenters. The summed E-state index contributed by atoms with van der Waals surface area (Å²) in [7, 11) is 0. The molecular formula is C23H23Cl2NS2. The van der Waals surface area contributed by atoms with Crippen molar-refractivity contribution in [2.24, 2.45) is 0 Å². The van der Waals surface area contributed by atoms with Crippen molar-refractivity contribution in [3.8, 4) is 0 Å². The number of hydrogen-bond donors (Lipinski definition) is 0. The van der Waals surface area contributed by atoms with Gasteiger partial charge in [0.1, 0.15) is 0 Å². The van der Waals surface area contributed by atoms with E-state index in [0.29, 0.717) is 0 Å². The van der Waals surface area contributed by atoms with Crippen LogP contribution in [-0.2, 0) is 0 Å². The number of hydrogen-bond acceptors (Lipinski definition) is 3. The summed E-state index contributed by atoms with van der Waals surface area (Å²) in [6, 6.07) is 24.9. The van der Waals surface area contributed by atoms with Crippen LogP contribution in [0.1, 0.15) is 5.56 Å². The molecule has 0 saturated carbocycles. The van der Waals surface area contributed by atoms with E-state index in [9.17, 15) is 0 Å². The molecule has 0 aliphatic rings. The predicted molar refractivity (Wildman–Crippen MR) is 128 cm³/mol. The van der Waals surface area contributed by atoms with Crippen LogP contribution in [0.25, 0.3) is 0 Å². The van der Waals surface area contributed by atoms with Crippen molar-refractivity contribution < 1.29 is 0 Å². The molecule has 0 saturated heterocycles. The summed E-state index contributed by atoms with van der Waals surface area (Å²) >= 11 is 15.7. The Kier molecular flexibility index (Phi) is 8.47. The lowest BCUT2D eigenvalue weighted by Crippen LogP contribution is -2.28. The van der Waals surface area contributed by atoms with Gasteiger partial charge in [0.25, 0.3) is 0 Å². The van der Waals surface area contributed by atoms with Crippen molar-refractivity contribution in [3.63, 3.8) is 0 Å². The monoisotopic (exact) mass is 447 g/mol. The maximum absolute atomic E-state index is 5.98. The highest BCUT2D eigenvalue weighted by Crippen LogP contribution is 2.24. The number of aryl methyl sites for hydroxylation is 1. The maximum atomic E-state index is 5.98. The molecule has 0 N–H and O–H groups in total. The average Bonchev–Trinajstić information content (AvgIpc) is 2.70. The van der Waals surface area contributed by atoms with E-state index in [2.05, 4.69) is 60.4 Å². The Balaban J connectivity index is 1.58. The van der Waals surface area contributed by atoms with Gasteiger partial charge < -0.3 is 4.90 Å². The van der Waals surface area contributed by atoms with E-state index in [4.69, 9.17) is 23.2 Å². The van der Waals surface area contributed by atoms with E-state index in [0.717, 1.165) is 34.6 Å². The largest absolute Gasteiger partial charge is 0.370 e. The standard InChI is InChI=1S/C23H23Cl2NS2/c1-18-3-2-4-21(17-18)26(13-15-27-22-9-5-19(24)6-10-22)14-16-28-23-11-7-20(25)8-12-23/h2-12,17H,13-16H2,1H3. The van der Waals surface area contributed by atoms with Crippen molar-refractivity contribution in [3.05, 3.63) is 88.4 Å². The van der Waals surface area contributed by atoms with Gasteiger partial charge in [0.05, 0.1) is 0 Å². The molecule has 0 heterocycles. The zero-order chi connectivity index (χ0) is 19.8. The second-order valence-electron chi connectivity index (χ2n) is 6.43. The fourth-order valence-electron chi connectivity index (χ4n) is 2.80. The average molecular weight is 448 g/mol. The van der Waals surface area contributed by atoms with E-state index >= 15 is 0 Å². The quantitative estimate of drug-likeness (QED) is 0.309. The van der Waals surface area contributed by atoms with Crippen LogP contribution in [0.15, 0.2) is 82.6 Å². The Morgan fingerprint density at radius 3 is 1.68 bits per heavy atom. The van der Waals surface area contributed by atoms with Crippen LogP contribution in [0.5, 0.6) is 0 Å². The van der Waals surface area contributed by atoms with Gasteiger partial charge in [-0.25, -0.2) is 0 Å². The molecule has 0 amide bonds. The third kappa shape index (κ3) is 6.97. The highest BCUT2D eigenvalue weighted by Gasteiger charge is 2.08. The summed E-state index contributed by atoms with van der Waals surface area (Å²) in [5.74, 6) is 2.06. The van der Waals surface area contributed by atoms with E-state index in [1.807, 2.05) is 47.8 Å². The van der Waals surface area contributed by atoms with Gasteiger partial charge in [-0.3, -0.25) is 0 Å². The third-order valence-corrected chi connectivity index (χ3v) is 6.74. The lowest BCUT2D eigenvalue weighted by molar-refractivity contribution is 0.878. The molecule has 0 bridgehead atoms. The van der Waals surface area contributed by atoms with Crippen LogP contribution in [0, 0.1) is 6.92 Å². The van der Waals surface area contributed by atoms with Gasteiger partial charge in [-0.15, -0.1) is 23.5 Å². The zero-order valence-electron chi connectivity index (χ0n) is 15.8. The van der Waals surface area contributed by atoms with Crippen molar-refractivity contribution in [2.45, 2.75) is 16.7 Å². The van der Waals surface area contributed by atoms with Crippen LogP contribution in [0.2, 0.25) is 10.0 Å². The summed E-state index contributed by atoms with van der Waals surface area (Å²) < 4.78 is 0. The lowest BCUT2D eigenvalue weighted by atomic mass is 10.2. The Morgan fingerprint density at radius 2 is 1.21 bits per heavy atom. The van der Waals surface area contributed by atoms with Gasteiger partial charge in [0, 0.05) is 50.1 Å². The first-order chi connectivity index (χ1) is 13.6. The smallest absolute Gasteiger partial charge is 0.0406 e. The lowest BCUT2D eigenvalue weighted by Gasteiger charge is -2.25. The zero-order valence-corrected chi connectivity index (χ0v) is 18.9. The minimum absolute atomic E-state index is 0.782. The molecule has 0 radical (unpaired) electrons. The fourth-order valence-corrected chi connectivity index (χ4v) is 4.81. The van der Waals surface area contributed by atoms with Gasteiger partial charge in [-0.2, -0.15) is 0 Å². The minimum atomic E-state index is 0.782. The highest BCUT2D eigenvalue weighted by molar-refractivity contribution is 7.99. The van der Waals surface area contributed by atoms with Crippen LogP contribution in [-0.4, -0.2) is 24.6 Å². The first-order valence-corrected chi connectivity index (χ1v) is 11.9. The SMILES string of the molecule is Cc1cccc(N(CCSc2ccc(Cl)cc2)CCSc2ccc(Cl)cc2)c1. The molecule has 28 heavy (non-hydrogen) atoms. The Hall–Kier alpha value is -1.26. The first-order valence-electron chi connectivity index (χ1n) is 9.18. The molecule has 146 valence electrons. The van der Waals surface area contributed by atoms with E-state index in [-0.39, 0.29) is 0 Å². The van der Waals surface area contributed by atoms with Crippen LogP contribution in [0.3, 0.4) is 0 Å². The van der Waals surface area contributed by atoms with Crippen molar-refractivity contribution in [1.82, 2.24) is 0 Å². The number of rotatable bonds is 9. The summed E-state index contributed by atoms with van der Waals surface area (Å²) in [5, 5.41) is 1.56. The Labute approximate surface area is 186 Å². The van der Waals surface area contributed by atoms with E-state index in [1.54, 1.807) is 0 Å². The van der Waals surface area contributed by atoms with Crippen molar-refractivity contribution >= 4 is 52.4 Å². The fraction of sp³-hybridized carbons (Fsp3) is 0.217.